The highest BCUT2D eigenvalue weighted by molar-refractivity contribution is 8.04. The van der Waals surface area contributed by atoms with E-state index in [1.807, 2.05) is 18.2 Å². The minimum Gasteiger partial charge on any atom is -0.478 e. The second-order valence-corrected chi connectivity index (χ2v) is 5.21. The van der Waals surface area contributed by atoms with Crippen molar-refractivity contribution >= 4 is 23.7 Å². The van der Waals surface area contributed by atoms with Crippen molar-refractivity contribution in [1.82, 2.24) is 0 Å². The molecule has 0 fully saturated rings. The number of para-hydroxylation sites is 1. The van der Waals surface area contributed by atoms with Crippen molar-refractivity contribution in [2.75, 3.05) is 0 Å². The molecule has 0 aliphatic rings. The minimum atomic E-state index is -1.20. The third-order valence-corrected chi connectivity index (χ3v) is 3.32. The molecule has 0 saturated heterocycles. The Kier molecular flexibility index (Phi) is 5.90. The van der Waals surface area contributed by atoms with E-state index in [-0.39, 0.29) is 11.1 Å². The molecule has 0 aromatic heterocycles. The summed E-state index contributed by atoms with van der Waals surface area (Å²) in [6.07, 6.45) is 2.42. The van der Waals surface area contributed by atoms with E-state index < -0.39 is 11.9 Å². The first-order valence-corrected chi connectivity index (χ1v) is 7.38. The van der Waals surface area contributed by atoms with E-state index in [2.05, 4.69) is 23.2 Å². The van der Waals surface area contributed by atoms with Gasteiger partial charge in [0.05, 0.1) is 11.1 Å². The van der Waals surface area contributed by atoms with Gasteiger partial charge in [-0.15, -0.1) is 0 Å². The van der Waals surface area contributed by atoms with Crippen LogP contribution >= 0.6 is 11.8 Å². The molecule has 2 N–H and O–H groups in total. The standard InChI is InChI=1S/C18H10O5S/c19-17(20)13-10-14(18(21)22)12-16(11-13)24-9-5-4-8-23-15-6-2-1-3-7-15/h1-3,6-7,10-12H,(H,19,20)(H,21,22). The first-order chi connectivity index (χ1) is 11.6. The van der Waals surface area contributed by atoms with Gasteiger partial charge >= 0.3 is 11.9 Å². The van der Waals surface area contributed by atoms with Crippen LogP contribution in [0.5, 0.6) is 5.75 Å². The monoisotopic (exact) mass is 338 g/mol. The lowest BCUT2D eigenvalue weighted by atomic mass is 10.1. The van der Waals surface area contributed by atoms with Crippen LogP contribution in [0.15, 0.2) is 53.4 Å². The van der Waals surface area contributed by atoms with Gasteiger partial charge in [0.2, 0.25) is 0 Å². The van der Waals surface area contributed by atoms with Crippen LogP contribution in [-0.2, 0) is 0 Å². The third-order valence-electron chi connectivity index (χ3n) is 2.65. The Labute approximate surface area is 142 Å². The molecular formula is C18H10O5S. The molecule has 0 radical (unpaired) electrons. The zero-order valence-corrected chi connectivity index (χ0v) is 13.0. The van der Waals surface area contributed by atoms with E-state index in [9.17, 15) is 9.59 Å². The van der Waals surface area contributed by atoms with Gasteiger partial charge in [-0.25, -0.2) is 9.59 Å². The summed E-state index contributed by atoms with van der Waals surface area (Å²) in [6, 6.07) is 12.8. The second kappa shape index (κ2) is 8.33. The van der Waals surface area contributed by atoms with Crippen molar-refractivity contribution in [3.8, 4) is 28.9 Å². The Bertz CT molecular complexity index is 850. The smallest absolute Gasteiger partial charge is 0.335 e. The number of benzene rings is 2. The summed E-state index contributed by atoms with van der Waals surface area (Å²) in [6.45, 7) is 0. The average Bonchev–Trinajstić information content (AvgIpc) is 2.58. The number of carbonyl (C=O) groups is 2. The molecule has 2 aromatic rings. The fourth-order valence-corrected chi connectivity index (χ4v) is 2.21. The molecule has 5 nitrogen and oxygen atoms in total. The van der Waals surface area contributed by atoms with Crippen LogP contribution in [0.4, 0.5) is 0 Å². The van der Waals surface area contributed by atoms with Crippen molar-refractivity contribution in [3.63, 3.8) is 0 Å². The van der Waals surface area contributed by atoms with E-state index >= 15 is 0 Å². The molecule has 0 amide bonds. The van der Waals surface area contributed by atoms with E-state index in [4.69, 9.17) is 14.9 Å². The predicted octanol–water partition coefficient (Wildman–Crippen LogP) is 3.18. The second-order valence-electron chi connectivity index (χ2n) is 4.33. The Morgan fingerprint density at radius 3 is 2.12 bits per heavy atom. The molecule has 2 aromatic carbocycles. The normalized spacial score (nSPS) is 9.00. The maximum atomic E-state index is 11.0. The van der Waals surface area contributed by atoms with Crippen LogP contribution in [0.3, 0.4) is 0 Å². The van der Waals surface area contributed by atoms with Crippen molar-refractivity contribution < 1.29 is 24.5 Å². The number of hydrogen-bond acceptors (Lipinski definition) is 4. The van der Waals surface area contributed by atoms with Crippen LogP contribution < -0.4 is 4.74 Å². The molecule has 0 heterocycles. The zero-order chi connectivity index (χ0) is 17.4. The number of hydrogen-bond donors (Lipinski definition) is 2. The number of carboxylic acid groups (broad SMARTS) is 2. The summed E-state index contributed by atoms with van der Waals surface area (Å²) >= 11 is 0.984. The van der Waals surface area contributed by atoms with Gasteiger partial charge < -0.3 is 14.9 Å². The maximum Gasteiger partial charge on any atom is 0.335 e. The first-order valence-electron chi connectivity index (χ1n) is 6.56. The Morgan fingerprint density at radius 2 is 1.54 bits per heavy atom. The van der Waals surface area contributed by atoms with Crippen LogP contribution in [0.1, 0.15) is 20.7 Å². The van der Waals surface area contributed by atoms with Crippen LogP contribution in [0.25, 0.3) is 0 Å². The molecule has 2 rings (SSSR count). The number of carboxylic acids is 2. The molecule has 0 bridgehead atoms. The van der Waals surface area contributed by atoms with Gasteiger partial charge in [0, 0.05) is 16.7 Å². The molecule has 0 saturated carbocycles. The molecule has 118 valence electrons. The van der Waals surface area contributed by atoms with Gasteiger partial charge in [0.1, 0.15) is 11.9 Å². The SMILES string of the molecule is O=C(O)c1cc(SC#CC#COc2ccccc2)cc(C(=O)O)c1. The zero-order valence-electron chi connectivity index (χ0n) is 12.1. The van der Waals surface area contributed by atoms with Gasteiger partial charge in [0.15, 0.2) is 0 Å². The number of thioether (sulfide) groups is 1. The summed E-state index contributed by atoms with van der Waals surface area (Å²) in [7, 11) is 0. The number of aromatic carboxylic acids is 2. The average molecular weight is 338 g/mol. The maximum absolute atomic E-state index is 11.0. The quantitative estimate of drug-likeness (QED) is 0.658. The van der Waals surface area contributed by atoms with Gasteiger partial charge in [-0.05, 0) is 47.3 Å². The minimum absolute atomic E-state index is 0.113. The molecule has 0 spiro atoms. The molecule has 24 heavy (non-hydrogen) atoms. The van der Waals surface area contributed by atoms with Gasteiger partial charge in [0.25, 0.3) is 0 Å². The van der Waals surface area contributed by atoms with E-state index in [0.717, 1.165) is 17.8 Å². The summed E-state index contributed by atoms with van der Waals surface area (Å²) in [5, 5.41) is 20.6. The lowest BCUT2D eigenvalue weighted by molar-refractivity contribution is 0.0696. The highest BCUT2D eigenvalue weighted by Gasteiger charge is 2.11. The molecule has 0 unspecified atom stereocenters. The number of ether oxygens (including phenoxy) is 1. The molecular weight excluding hydrogens is 328 g/mol. The summed E-state index contributed by atoms with van der Waals surface area (Å²) in [5.74, 6) is 3.21. The van der Waals surface area contributed by atoms with Crippen LogP contribution in [0, 0.1) is 23.2 Å². The predicted molar refractivity (Wildman–Crippen MR) is 88.8 cm³/mol. The van der Waals surface area contributed by atoms with Crippen molar-refractivity contribution in [1.29, 1.82) is 0 Å². The largest absolute Gasteiger partial charge is 0.478 e. The molecule has 0 atom stereocenters. The van der Waals surface area contributed by atoms with E-state index in [1.54, 1.807) is 12.1 Å². The summed E-state index contributed by atoms with van der Waals surface area (Å²) in [4.78, 5) is 22.4. The fraction of sp³-hybridized carbons (Fsp3) is 0. The third kappa shape index (κ3) is 5.13. The lowest BCUT2D eigenvalue weighted by Gasteiger charge is -2.01. The molecule has 0 aliphatic heterocycles. The van der Waals surface area contributed by atoms with E-state index in [0.29, 0.717) is 10.6 Å². The Hall–Kier alpha value is -3.35. The Balaban J connectivity index is 2.05. The topological polar surface area (TPSA) is 83.8 Å². The fourth-order valence-electron chi connectivity index (χ4n) is 1.61. The van der Waals surface area contributed by atoms with Crippen molar-refractivity contribution in [2.45, 2.75) is 4.90 Å². The Morgan fingerprint density at radius 1 is 0.917 bits per heavy atom. The van der Waals surface area contributed by atoms with E-state index in [1.165, 1.54) is 12.1 Å². The van der Waals surface area contributed by atoms with Crippen molar-refractivity contribution in [2.24, 2.45) is 0 Å². The summed E-state index contributed by atoms with van der Waals surface area (Å²) < 4.78 is 5.13. The van der Waals surface area contributed by atoms with Crippen LogP contribution in [-0.4, -0.2) is 22.2 Å². The lowest BCUT2D eigenvalue weighted by Crippen LogP contribution is -2.02. The highest BCUT2D eigenvalue weighted by atomic mass is 32.2. The van der Waals surface area contributed by atoms with Crippen LogP contribution in [0.2, 0.25) is 0 Å². The van der Waals surface area contributed by atoms with Crippen molar-refractivity contribution in [3.05, 3.63) is 59.7 Å². The van der Waals surface area contributed by atoms with Gasteiger partial charge in [-0.1, -0.05) is 18.2 Å². The first kappa shape index (κ1) is 17.0. The molecule has 6 heteroatoms. The van der Waals surface area contributed by atoms with Gasteiger partial charge in [-0.2, -0.15) is 0 Å². The highest BCUT2D eigenvalue weighted by Crippen LogP contribution is 2.21. The number of rotatable bonds is 4. The van der Waals surface area contributed by atoms with Gasteiger partial charge in [-0.3, -0.25) is 0 Å². The summed E-state index contributed by atoms with van der Waals surface area (Å²) in [5.41, 5.74) is -0.226. The molecule has 0 aliphatic carbocycles.